The van der Waals surface area contributed by atoms with Crippen molar-refractivity contribution in [2.45, 2.75) is 12.8 Å². The highest BCUT2D eigenvalue weighted by Gasteiger charge is 2.17. The van der Waals surface area contributed by atoms with E-state index < -0.39 is 0 Å². The van der Waals surface area contributed by atoms with E-state index in [2.05, 4.69) is 25.9 Å². The van der Waals surface area contributed by atoms with Gasteiger partial charge in [-0.25, -0.2) is 0 Å². The van der Waals surface area contributed by atoms with Gasteiger partial charge >= 0.3 is 0 Å². The monoisotopic (exact) mass is 270 g/mol. The third kappa shape index (κ3) is 1.65. The summed E-state index contributed by atoms with van der Waals surface area (Å²) in [4.78, 5) is 18.4. The molecular formula is C9H11BrN4O. The average molecular weight is 271 g/mol. The molecule has 0 bridgehead atoms. The molecule has 15 heavy (non-hydrogen) atoms. The summed E-state index contributed by atoms with van der Waals surface area (Å²) < 4.78 is 0.454. The van der Waals surface area contributed by atoms with Crippen molar-refractivity contribution < 1.29 is 0 Å². The average Bonchev–Trinajstić information content (AvgIpc) is 2.73. The first-order valence-electron chi connectivity index (χ1n) is 4.61. The predicted octanol–water partition coefficient (Wildman–Crippen LogP) is 0.885. The van der Waals surface area contributed by atoms with E-state index in [1.54, 1.807) is 0 Å². The summed E-state index contributed by atoms with van der Waals surface area (Å²) in [5.74, 6) is 0. The number of H-pyrrole nitrogens is 1. The lowest BCUT2D eigenvalue weighted by Crippen LogP contribution is -2.19. The predicted molar refractivity (Wildman–Crippen MR) is 64.2 cm³/mol. The number of nitrogens with zero attached hydrogens (tertiary/aromatic N) is 1. The molecule has 0 aliphatic carbocycles. The Balaban J connectivity index is 2.62. The topological polar surface area (TPSA) is 97.3 Å². The van der Waals surface area contributed by atoms with Crippen molar-refractivity contribution in [1.29, 1.82) is 0 Å². The summed E-state index contributed by atoms with van der Waals surface area (Å²) >= 11 is 3.20. The number of hydrogen-bond acceptors (Lipinski definition) is 4. The van der Waals surface area contributed by atoms with Gasteiger partial charge in [-0.3, -0.25) is 9.79 Å². The molecule has 1 aromatic rings. The largest absolute Gasteiger partial charge is 0.396 e. The summed E-state index contributed by atoms with van der Waals surface area (Å²) in [6.45, 7) is 0.790. The SMILES string of the molecule is Nc1c(C2=NCCC2)[nH]c(=O)c(N)c1Br. The second-order valence-corrected chi connectivity index (χ2v) is 4.20. The van der Waals surface area contributed by atoms with Crippen LogP contribution < -0.4 is 17.0 Å². The quantitative estimate of drug-likeness (QED) is 0.707. The minimum absolute atomic E-state index is 0.106. The smallest absolute Gasteiger partial charge is 0.272 e. The number of pyridine rings is 1. The number of nitrogens with two attached hydrogens (primary N) is 2. The Bertz CT molecular complexity index is 492. The Morgan fingerprint density at radius 2 is 2.07 bits per heavy atom. The number of aromatic nitrogens is 1. The zero-order chi connectivity index (χ0) is 11.0. The van der Waals surface area contributed by atoms with Gasteiger partial charge in [0.25, 0.3) is 5.56 Å². The highest BCUT2D eigenvalue weighted by molar-refractivity contribution is 9.10. The molecule has 0 amide bonds. The molecular weight excluding hydrogens is 260 g/mol. The Morgan fingerprint density at radius 3 is 2.67 bits per heavy atom. The van der Waals surface area contributed by atoms with Crippen LogP contribution in [0, 0.1) is 0 Å². The molecule has 1 aromatic heterocycles. The molecule has 0 unspecified atom stereocenters. The number of nitrogen functional groups attached to an aromatic ring is 2. The lowest BCUT2D eigenvalue weighted by Gasteiger charge is -2.08. The molecule has 2 heterocycles. The number of nitrogens with one attached hydrogen (secondary N) is 1. The normalized spacial score (nSPS) is 15.4. The molecule has 1 aliphatic rings. The van der Waals surface area contributed by atoms with Crippen molar-refractivity contribution in [3.8, 4) is 0 Å². The highest BCUT2D eigenvalue weighted by atomic mass is 79.9. The van der Waals surface area contributed by atoms with Gasteiger partial charge in [0.2, 0.25) is 0 Å². The number of anilines is 2. The maximum atomic E-state index is 11.4. The summed E-state index contributed by atoms with van der Waals surface area (Å²) in [5.41, 5.74) is 13.1. The fraction of sp³-hybridized carbons (Fsp3) is 0.333. The molecule has 0 saturated carbocycles. The number of aromatic amines is 1. The third-order valence-electron chi connectivity index (χ3n) is 2.39. The fourth-order valence-electron chi connectivity index (χ4n) is 1.57. The summed E-state index contributed by atoms with van der Waals surface area (Å²) in [6, 6.07) is 0. The Kier molecular flexibility index (Phi) is 2.52. The van der Waals surface area contributed by atoms with E-state index >= 15 is 0 Å². The highest BCUT2D eigenvalue weighted by Crippen LogP contribution is 2.27. The molecule has 0 atom stereocenters. The molecule has 0 spiro atoms. The Hall–Kier alpha value is -1.30. The van der Waals surface area contributed by atoms with Crippen molar-refractivity contribution in [2.24, 2.45) is 4.99 Å². The van der Waals surface area contributed by atoms with Crippen molar-refractivity contribution >= 4 is 33.0 Å². The van der Waals surface area contributed by atoms with Crippen LogP contribution in [0.3, 0.4) is 0 Å². The maximum absolute atomic E-state index is 11.4. The molecule has 0 fully saturated rings. The van der Waals surface area contributed by atoms with Gasteiger partial charge in [-0.2, -0.15) is 0 Å². The zero-order valence-electron chi connectivity index (χ0n) is 8.01. The third-order valence-corrected chi connectivity index (χ3v) is 3.24. The number of hydrogen-bond donors (Lipinski definition) is 3. The van der Waals surface area contributed by atoms with Crippen LogP contribution in [0.5, 0.6) is 0 Å². The second-order valence-electron chi connectivity index (χ2n) is 3.40. The van der Waals surface area contributed by atoms with Crippen LogP contribution in [0.25, 0.3) is 0 Å². The van der Waals surface area contributed by atoms with Gasteiger partial charge in [0.05, 0.1) is 21.6 Å². The minimum Gasteiger partial charge on any atom is -0.396 e. The second kappa shape index (κ2) is 3.69. The van der Waals surface area contributed by atoms with E-state index in [-0.39, 0.29) is 11.2 Å². The molecule has 2 rings (SSSR count). The molecule has 0 radical (unpaired) electrons. The van der Waals surface area contributed by atoms with Gasteiger partial charge in [-0.1, -0.05) is 0 Å². The van der Waals surface area contributed by atoms with Crippen LogP contribution in [0.1, 0.15) is 18.5 Å². The van der Waals surface area contributed by atoms with Crippen LogP contribution in [0.2, 0.25) is 0 Å². The van der Waals surface area contributed by atoms with Crippen LogP contribution >= 0.6 is 15.9 Å². The summed E-state index contributed by atoms with van der Waals surface area (Å²) in [6.07, 6.45) is 1.84. The van der Waals surface area contributed by atoms with Gasteiger partial charge in [0.1, 0.15) is 5.69 Å². The lowest BCUT2D eigenvalue weighted by molar-refractivity contribution is 0.950. The molecule has 0 aromatic carbocycles. The standard InChI is InChI=1S/C9H11BrN4O/c10-5-6(11)8(4-2-1-3-13-4)14-9(15)7(5)12/h1-3,11-12H2,(H,14,15). The van der Waals surface area contributed by atoms with E-state index in [4.69, 9.17) is 11.5 Å². The van der Waals surface area contributed by atoms with Gasteiger partial charge in [-0.15, -0.1) is 0 Å². The first kappa shape index (κ1) is 10.2. The van der Waals surface area contributed by atoms with Crippen LogP contribution in [0.4, 0.5) is 11.4 Å². The molecule has 6 heteroatoms. The molecule has 80 valence electrons. The minimum atomic E-state index is -0.333. The van der Waals surface area contributed by atoms with Crippen molar-refractivity contribution in [3.05, 3.63) is 20.5 Å². The number of aliphatic imine (C=N–C) groups is 1. The Labute approximate surface area is 94.7 Å². The van der Waals surface area contributed by atoms with Gasteiger partial charge < -0.3 is 16.5 Å². The van der Waals surface area contributed by atoms with E-state index in [0.29, 0.717) is 15.9 Å². The van der Waals surface area contributed by atoms with Gasteiger partial charge in [0, 0.05) is 6.54 Å². The fourth-order valence-corrected chi connectivity index (χ4v) is 1.95. The van der Waals surface area contributed by atoms with Crippen LogP contribution in [-0.2, 0) is 0 Å². The Morgan fingerprint density at radius 1 is 1.33 bits per heavy atom. The van der Waals surface area contributed by atoms with Gasteiger partial charge in [-0.05, 0) is 28.8 Å². The van der Waals surface area contributed by atoms with E-state index in [1.165, 1.54) is 0 Å². The van der Waals surface area contributed by atoms with E-state index in [1.807, 2.05) is 0 Å². The summed E-state index contributed by atoms with van der Waals surface area (Å²) in [7, 11) is 0. The van der Waals surface area contributed by atoms with Crippen molar-refractivity contribution in [1.82, 2.24) is 4.98 Å². The number of halogens is 1. The van der Waals surface area contributed by atoms with Crippen LogP contribution in [-0.4, -0.2) is 17.2 Å². The zero-order valence-corrected chi connectivity index (χ0v) is 9.60. The maximum Gasteiger partial charge on any atom is 0.272 e. The number of rotatable bonds is 1. The first-order chi connectivity index (χ1) is 7.11. The van der Waals surface area contributed by atoms with Crippen molar-refractivity contribution in [3.63, 3.8) is 0 Å². The molecule has 1 aliphatic heterocycles. The van der Waals surface area contributed by atoms with Crippen LogP contribution in [0.15, 0.2) is 14.3 Å². The van der Waals surface area contributed by atoms with E-state index in [9.17, 15) is 4.79 Å². The molecule has 0 saturated heterocycles. The van der Waals surface area contributed by atoms with Gasteiger partial charge in [0.15, 0.2) is 0 Å². The van der Waals surface area contributed by atoms with E-state index in [0.717, 1.165) is 25.1 Å². The molecule has 5 N–H and O–H groups in total. The van der Waals surface area contributed by atoms with Crippen molar-refractivity contribution in [2.75, 3.05) is 18.0 Å². The molecule has 5 nitrogen and oxygen atoms in total. The first-order valence-corrected chi connectivity index (χ1v) is 5.41. The summed E-state index contributed by atoms with van der Waals surface area (Å²) in [5, 5.41) is 0. The lowest BCUT2D eigenvalue weighted by atomic mass is 10.1.